The zero-order chi connectivity index (χ0) is 16.4. The second-order valence-electron chi connectivity index (χ2n) is 6.49. The van der Waals surface area contributed by atoms with Gasteiger partial charge in [-0.05, 0) is 50.1 Å². The summed E-state index contributed by atoms with van der Waals surface area (Å²) in [5.74, 6) is 2.53. The summed E-state index contributed by atoms with van der Waals surface area (Å²) in [7, 11) is 0. The van der Waals surface area contributed by atoms with E-state index in [2.05, 4.69) is 37.2 Å². The molecule has 2 nitrogen and oxygen atoms in total. The van der Waals surface area contributed by atoms with Crippen LogP contribution in [0.2, 0.25) is 0 Å². The number of nitrogens with one attached hydrogen (secondary N) is 1. The molecule has 2 aromatic carbocycles. The van der Waals surface area contributed by atoms with E-state index in [9.17, 15) is 4.79 Å². The molecule has 1 N–H and O–H groups in total. The molecule has 0 bridgehead atoms. The standard InChI is InChI=1S/C21H19NO/c1-4-15-9-11-16(12-10-15)20(23)13-19-18-8-6-5-7-17(18)14-21(2,3)22-19/h1,5-13,22H,14H2,2-3H3/b19-13-. The van der Waals surface area contributed by atoms with Gasteiger partial charge in [-0.1, -0.05) is 30.2 Å². The third-order valence-corrected chi connectivity index (χ3v) is 4.02. The zero-order valence-electron chi connectivity index (χ0n) is 13.4. The molecule has 1 aliphatic heterocycles. The van der Waals surface area contributed by atoms with E-state index in [1.165, 1.54) is 5.56 Å². The molecule has 114 valence electrons. The summed E-state index contributed by atoms with van der Waals surface area (Å²) in [5.41, 5.74) is 4.57. The SMILES string of the molecule is C#Cc1ccc(C(=O)/C=C2\NC(C)(C)Cc3ccccc32)cc1. The van der Waals surface area contributed by atoms with Gasteiger partial charge in [-0.25, -0.2) is 0 Å². The average Bonchev–Trinajstić information content (AvgIpc) is 2.54. The van der Waals surface area contributed by atoms with E-state index in [4.69, 9.17) is 6.42 Å². The number of carbonyl (C=O) groups is 1. The minimum atomic E-state index is -0.0756. The monoisotopic (exact) mass is 301 g/mol. The molecule has 0 amide bonds. The fourth-order valence-electron chi connectivity index (χ4n) is 2.95. The lowest BCUT2D eigenvalue weighted by molar-refractivity contribution is 0.104. The summed E-state index contributed by atoms with van der Waals surface area (Å²) < 4.78 is 0. The molecule has 0 aliphatic carbocycles. The summed E-state index contributed by atoms with van der Waals surface area (Å²) >= 11 is 0. The van der Waals surface area contributed by atoms with E-state index >= 15 is 0 Å². The minimum absolute atomic E-state index is 0.0245. The van der Waals surface area contributed by atoms with Crippen molar-refractivity contribution >= 4 is 11.5 Å². The van der Waals surface area contributed by atoms with Crippen LogP contribution < -0.4 is 5.32 Å². The van der Waals surface area contributed by atoms with Gasteiger partial charge in [0.2, 0.25) is 0 Å². The van der Waals surface area contributed by atoms with Crippen molar-refractivity contribution < 1.29 is 4.79 Å². The van der Waals surface area contributed by atoms with E-state index in [1.807, 2.05) is 12.1 Å². The molecule has 0 atom stereocenters. The molecule has 0 radical (unpaired) electrons. The first-order valence-corrected chi connectivity index (χ1v) is 7.68. The molecule has 0 saturated carbocycles. The second kappa shape index (κ2) is 5.78. The number of fused-ring (bicyclic) bond motifs is 1. The maximum Gasteiger partial charge on any atom is 0.187 e. The van der Waals surface area contributed by atoms with Crippen molar-refractivity contribution in [3.63, 3.8) is 0 Å². The summed E-state index contributed by atoms with van der Waals surface area (Å²) in [5, 5.41) is 3.48. The van der Waals surface area contributed by atoms with Gasteiger partial charge >= 0.3 is 0 Å². The van der Waals surface area contributed by atoms with Crippen molar-refractivity contribution in [3.8, 4) is 12.3 Å². The summed E-state index contributed by atoms with van der Waals surface area (Å²) in [6, 6.07) is 15.3. The van der Waals surface area contributed by atoms with Gasteiger partial charge < -0.3 is 5.32 Å². The Hall–Kier alpha value is -2.79. The van der Waals surface area contributed by atoms with Gasteiger partial charge in [0.15, 0.2) is 5.78 Å². The number of carbonyl (C=O) groups excluding carboxylic acids is 1. The largest absolute Gasteiger partial charge is 0.379 e. The quantitative estimate of drug-likeness (QED) is 0.519. The van der Waals surface area contributed by atoms with Crippen molar-refractivity contribution in [1.29, 1.82) is 0 Å². The fraction of sp³-hybridized carbons (Fsp3) is 0.190. The molecular formula is C21H19NO. The Balaban J connectivity index is 1.97. The van der Waals surface area contributed by atoms with Crippen molar-refractivity contribution in [3.05, 3.63) is 76.9 Å². The molecule has 2 heteroatoms. The number of allylic oxidation sites excluding steroid dienone is 1. The van der Waals surface area contributed by atoms with Gasteiger partial charge in [0.1, 0.15) is 0 Å². The van der Waals surface area contributed by atoms with Crippen LogP contribution in [-0.2, 0) is 6.42 Å². The van der Waals surface area contributed by atoms with Gasteiger partial charge in [0.05, 0.1) is 0 Å². The number of hydrogen-bond donors (Lipinski definition) is 1. The van der Waals surface area contributed by atoms with E-state index in [-0.39, 0.29) is 11.3 Å². The number of benzene rings is 2. The van der Waals surface area contributed by atoms with Crippen molar-refractivity contribution in [2.45, 2.75) is 25.8 Å². The molecular weight excluding hydrogens is 282 g/mol. The Morgan fingerprint density at radius 2 is 1.87 bits per heavy atom. The van der Waals surface area contributed by atoms with E-state index < -0.39 is 0 Å². The van der Waals surface area contributed by atoms with Gasteiger partial charge in [-0.2, -0.15) is 0 Å². The van der Waals surface area contributed by atoms with Crippen LogP contribution in [0.15, 0.2) is 54.6 Å². The van der Waals surface area contributed by atoms with E-state index in [1.54, 1.807) is 30.3 Å². The maximum atomic E-state index is 12.6. The van der Waals surface area contributed by atoms with Crippen LogP contribution in [0.1, 0.15) is 40.9 Å². The molecule has 23 heavy (non-hydrogen) atoms. The van der Waals surface area contributed by atoms with Crippen LogP contribution in [0.4, 0.5) is 0 Å². The minimum Gasteiger partial charge on any atom is -0.379 e. The average molecular weight is 301 g/mol. The number of hydrogen-bond acceptors (Lipinski definition) is 2. The first kappa shape index (κ1) is 15.1. The highest BCUT2D eigenvalue weighted by molar-refractivity contribution is 6.08. The zero-order valence-corrected chi connectivity index (χ0v) is 13.4. The molecule has 0 saturated heterocycles. The lowest BCUT2D eigenvalue weighted by Gasteiger charge is -2.35. The lowest BCUT2D eigenvalue weighted by Crippen LogP contribution is -2.43. The van der Waals surface area contributed by atoms with Crippen LogP contribution in [0.3, 0.4) is 0 Å². The highest BCUT2D eigenvalue weighted by Crippen LogP contribution is 2.29. The smallest absolute Gasteiger partial charge is 0.187 e. The van der Waals surface area contributed by atoms with Gasteiger partial charge in [-0.15, -0.1) is 6.42 Å². The first-order valence-electron chi connectivity index (χ1n) is 7.68. The topological polar surface area (TPSA) is 29.1 Å². The Kier molecular flexibility index (Phi) is 3.80. The predicted molar refractivity (Wildman–Crippen MR) is 94.0 cm³/mol. The van der Waals surface area contributed by atoms with E-state index in [0.717, 1.165) is 23.2 Å². The highest BCUT2D eigenvalue weighted by atomic mass is 16.1. The molecule has 0 unspecified atom stereocenters. The third kappa shape index (κ3) is 3.19. The van der Waals surface area contributed by atoms with E-state index in [0.29, 0.717) is 5.56 Å². The lowest BCUT2D eigenvalue weighted by atomic mass is 9.85. The molecule has 0 spiro atoms. The number of ketones is 1. The Morgan fingerprint density at radius 1 is 1.17 bits per heavy atom. The van der Waals surface area contributed by atoms with Crippen LogP contribution in [0.5, 0.6) is 0 Å². The summed E-state index contributed by atoms with van der Waals surface area (Å²) in [6.07, 6.45) is 7.97. The normalized spacial score (nSPS) is 17.0. The molecule has 3 rings (SSSR count). The Labute approximate surface area is 137 Å². The maximum absolute atomic E-state index is 12.6. The molecule has 1 heterocycles. The Bertz CT molecular complexity index is 820. The predicted octanol–water partition coefficient (Wildman–Crippen LogP) is 3.82. The second-order valence-corrected chi connectivity index (χ2v) is 6.49. The van der Waals surface area contributed by atoms with Crippen molar-refractivity contribution in [1.82, 2.24) is 5.32 Å². The third-order valence-electron chi connectivity index (χ3n) is 4.02. The Morgan fingerprint density at radius 3 is 2.57 bits per heavy atom. The summed E-state index contributed by atoms with van der Waals surface area (Å²) in [6.45, 7) is 4.28. The molecule has 1 aliphatic rings. The highest BCUT2D eigenvalue weighted by Gasteiger charge is 2.27. The van der Waals surface area contributed by atoms with Crippen LogP contribution in [-0.4, -0.2) is 11.3 Å². The first-order chi connectivity index (χ1) is 11.0. The molecule has 0 aromatic heterocycles. The van der Waals surface area contributed by atoms with Crippen molar-refractivity contribution in [2.24, 2.45) is 0 Å². The van der Waals surface area contributed by atoms with Crippen LogP contribution in [0.25, 0.3) is 5.70 Å². The summed E-state index contributed by atoms with van der Waals surface area (Å²) in [4.78, 5) is 12.6. The van der Waals surface area contributed by atoms with Crippen LogP contribution >= 0.6 is 0 Å². The van der Waals surface area contributed by atoms with Gasteiger partial charge in [0, 0.05) is 34.0 Å². The molecule has 0 fully saturated rings. The molecule has 2 aromatic rings. The number of rotatable bonds is 2. The fourth-order valence-corrected chi connectivity index (χ4v) is 2.95. The van der Waals surface area contributed by atoms with Crippen molar-refractivity contribution in [2.75, 3.05) is 0 Å². The van der Waals surface area contributed by atoms with Gasteiger partial charge in [0.25, 0.3) is 0 Å². The number of terminal acetylenes is 1. The van der Waals surface area contributed by atoms with Crippen LogP contribution in [0, 0.1) is 12.3 Å². The van der Waals surface area contributed by atoms with Gasteiger partial charge in [-0.3, -0.25) is 4.79 Å².